The third-order valence-corrected chi connectivity index (χ3v) is 2.70. The number of hydrogen-bond acceptors (Lipinski definition) is 4. The number of nitrogen functional groups attached to an aromatic ring is 1. The fourth-order valence-corrected chi connectivity index (χ4v) is 1.70. The first-order valence-corrected chi connectivity index (χ1v) is 6.74. The van der Waals surface area contributed by atoms with Crippen molar-refractivity contribution < 1.29 is 14.3 Å². The van der Waals surface area contributed by atoms with Crippen LogP contribution in [0.25, 0.3) is 0 Å². The SMILES string of the molecule is CCOC(=O)c1ccc(OCCCC(C)C)c(N)c1. The van der Waals surface area contributed by atoms with Crippen molar-refractivity contribution in [3.63, 3.8) is 0 Å². The van der Waals surface area contributed by atoms with Gasteiger partial charge in [-0.3, -0.25) is 0 Å². The maximum atomic E-state index is 11.5. The van der Waals surface area contributed by atoms with Crippen molar-refractivity contribution in [2.75, 3.05) is 18.9 Å². The molecule has 1 aromatic rings. The summed E-state index contributed by atoms with van der Waals surface area (Å²) in [6, 6.07) is 4.98. The van der Waals surface area contributed by atoms with Crippen molar-refractivity contribution in [2.45, 2.75) is 33.6 Å². The van der Waals surface area contributed by atoms with E-state index >= 15 is 0 Å². The molecule has 106 valence electrons. The molecule has 4 nitrogen and oxygen atoms in total. The maximum Gasteiger partial charge on any atom is 0.338 e. The van der Waals surface area contributed by atoms with Gasteiger partial charge in [-0.2, -0.15) is 0 Å². The molecule has 0 bridgehead atoms. The molecule has 1 aromatic carbocycles. The molecule has 0 unspecified atom stereocenters. The second-order valence-corrected chi connectivity index (χ2v) is 4.86. The molecule has 1 rings (SSSR count). The highest BCUT2D eigenvalue weighted by molar-refractivity contribution is 5.91. The van der Waals surface area contributed by atoms with E-state index in [4.69, 9.17) is 15.2 Å². The van der Waals surface area contributed by atoms with Crippen molar-refractivity contribution in [3.05, 3.63) is 23.8 Å². The molecule has 0 aliphatic carbocycles. The van der Waals surface area contributed by atoms with Gasteiger partial charge in [0.15, 0.2) is 0 Å². The minimum absolute atomic E-state index is 0.353. The maximum absolute atomic E-state index is 11.5. The van der Waals surface area contributed by atoms with Crippen LogP contribution in [0.3, 0.4) is 0 Å². The summed E-state index contributed by atoms with van der Waals surface area (Å²) in [6.07, 6.45) is 2.12. The highest BCUT2D eigenvalue weighted by Gasteiger charge is 2.09. The number of ether oxygens (including phenoxy) is 2. The molecule has 19 heavy (non-hydrogen) atoms. The predicted octanol–water partition coefficient (Wildman–Crippen LogP) is 3.26. The van der Waals surface area contributed by atoms with Crippen LogP contribution in [0.5, 0.6) is 5.75 Å². The Morgan fingerprint density at radius 2 is 2.11 bits per heavy atom. The minimum atomic E-state index is -0.361. The highest BCUT2D eigenvalue weighted by Crippen LogP contribution is 2.23. The first-order valence-electron chi connectivity index (χ1n) is 6.74. The largest absolute Gasteiger partial charge is 0.491 e. The van der Waals surface area contributed by atoms with Gasteiger partial charge in [0.05, 0.1) is 24.5 Å². The van der Waals surface area contributed by atoms with Crippen molar-refractivity contribution in [3.8, 4) is 5.75 Å². The topological polar surface area (TPSA) is 61.5 Å². The zero-order valence-corrected chi connectivity index (χ0v) is 11.9. The van der Waals surface area contributed by atoms with E-state index in [1.165, 1.54) is 0 Å². The Morgan fingerprint density at radius 1 is 1.37 bits per heavy atom. The summed E-state index contributed by atoms with van der Waals surface area (Å²) in [4.78, 5) is 11.5. The molecule has 0 heterocycles. The lowest BCUT2D eigenvalue weighted by Crippen LogP contribution is -2.07. The van der Waals surface area contributed by atoms with Gasteiger partial charge in [0.1, 0.15) is 5.75 Å². The minimum Gasteiger partial charge on any atom is -0.491 e. The summed E-state index contributed by atoms with van der Waals surface area (Å²) >= 11 is 0. The predicted molar refractivity (Wildman–Crippen MR) is 76.4 cm³/mol. The molecule has 0 saturated heterocycles. The Hall–Kier alpha value is -1.71. The van der Waals surface area contributed by atoms with Gasteiger partial charge in [0.2, 0.25) is 0 Å². The Morgan fingerprint density at radius 3 is 2.68 bits per heavy atom. The average Bonchev–Trinajstić information content (AvgIpc) is 2.36. The number of anilines is 1. The zero-order valence-electron chi connectivity index (χ0n) is 11.9. The van der Waals surface area contributed by atoms with Crippen LogP contribution in [-0.4, -0.2) is 19.2 Å². The molecule has 0 aliphatic heterocycles. The van der Waals surface area contributed by atoms with E-state index in [1.807, 2.05) is 0 Å². The van der Waals surface area contributed by atoms with E-state index in [0.717, 1.165) is 12.8 Å². The molecule has 0 saturated carbocycles. The van der Waals surface area contributed by atoms with Crippen LogP contribution in [0.2, 0.25) is 0 Å². The van der Waals surface area contributed by atoms with Gasteiger partial charge >= 0.3 is 5.97 Å². The van der Waals surface area contributed by atoms with Gasteiger partial charge in [0.25, 0.3) is 0 Å². The molecule has 0 radical (unpaired) electrons. The normalized spacial score (nSPS) is 10.5. The zero-order chi connectivity index (χ0) is 14.3. The summed E-state index contributed by atoms with van der Waals surface area (Å²) < 4.78 is 10.5. The second kappa shape index (κ2) is 7.67. The van der Waals surface area contributed by atoms with Crippen LogP contribution in [0.1, 0.15) is 44.0 Å². The van der Waals surface area contributed by atoms with Gasteiger partial charge in [0, 0.05) is 0 Å². The lowest BCUT2D eigenvalue weighted by molar-refractivity contribution is 0.0526. The monoisotopic (exact) mass is 265 g/mol. The van der Waals surface area contributed by atoms with Crippen molar-refractivity contribution in [2.24, 2.45) is 5.92 Å². The molecule has 0 aliphatic rings. The van der Waals surface area contributed by atoms with Crippen LogP contribution in [0.15, 0.2) is 18.2 Å². The van der Waals surface area contributed by atoms with Gasteiger partial charge < -0.3 is 15.2 Å². The molecular formula is C15H23NO3. The van der Waals surface area contributed by atoms with Crippen LogP contribution >= 0.6 is 0 Å². The third kappa shape index (κ3) is 5.20. The Labute approximate surface area is 114 Å². The number of hydrogen-bond donors (Lipinski definition) is 1. The van der Waals surface area contributed by atoms with Crippen LogP contribution in [-0.2, 0) is 4.74 Å². The summed E-state index contributed by atoms with van der Waals surface area (Å²) in [5.41, 5.74) is 6.78. The van der Waals surface area contributed by atoms with Gasteiger partial charge in [-0.25, -0.2) is 4.79 Å². The number of rotatable bonds is 7. The molecule has 0 aromatic heterocycles. The summed E-state index contributed by atoms with van der Waals surface area (Å²) in [5, 5.41) is 0. The van der Waals surface area contributed by atoms with Crippen molar-refractivity contribution in [1.82, 2.24) is 0 Å². The molecule has 2 N–H and O–H groups in total. The highest BCUT2D eigenvalue weighted by atomic mass is 16.5. The molecule has 4 heteroatoms. The van der Waals surface area contributed by atoms with E-state index in [9.17, 15) is 4.79 Å². The van der Waals surface area contributed by atoms with Crippen LogP contribution < -0.4 is 10.5 Å². The number of carbonyl (C=O) groups is 1. The van der Waals surface area contributed by atoms with Gasteiger partial charge in [-0.1, -0.05) is 13.8 Å². The molecule has 0 spiro atoms. The summed E-state index contributed by atoms with van der Waals surface area (Å²) in [5.74, 6) is 0.935. The van der Waals surface area contributed by atoms with E-state index in [-0.39, 0.29) is 5.97 Å². The second-order valence-electron chi connectivity index (χ2n) is 4.86. The molecular weight excluding hydrogens is 242 g/mol. The molecule has 0 atom stereocenters. The van der Waals surface area contributed by atoms with Crippen LogP contribution in [0.4, 0.5) is 5.69 Å². The molecule has 0 amide bonds. The fourth-order valence-electron chi connectivity index (χ4n) is 1.70. The third-order valence-electron chi connectivity index (χ3n) is 2.70. The average molecular weight is 265 g/mol. The van der Waals surface area contributed by atoms with Gasteiger partial charge in [-0.15, -0.1) is 0 Å². The summed E-state index contributed by atoms with van der Waals surface area (Å²) in [6.45, 7) is 7.13. The Kier molecular flexibility index (Phi) is 6.19. The lowest BCUT2D eigenvalue weighted by atomic mass is 10.1. The lowest BCUT2D eigenvalue weighted by Gasteiger charge is -2.11. The quantitative estimate of drug-likeness (QED) is 0.467. The Bertz CT molecular complexity index is 416. The fraction of sp³-hybridized carbons (Fsp3) is 0.533. The first-order chi connectivity index (χ1) is 9.04. The van der Waals surface area contributed by atoms with E-state index < -0.39 is 0 Å². The first kappa shape index (κ1) is 15.3. The van der Waals surface area contributed by atoms with Crippen LogP contribution in [0, 0.1) is 5.92 Å². The summed E-state index contributed by atoms with van der Waals surface area (Å²) in [7, 11) is 0. The standard InChI is InChI=1S/C15H23NO3/c1-4-18-15(17)12-7-8-14(13(16)10-12)19-9-5-6-11(2)3/h7-8,10-11H,4-6,9,16H2,1-3H3. The van der Waals surface area contributed by atoms with E-state index in [1.54, 1.807) is 25.1 Å². The number of benzene rings is 1. The Balaban J connectivity index is 2.55. The van der Waals surface area contributed by atoms with E-state index in [0.29, 0.717) is 36.1 Å². The number of esters is 1. The van der Waals surface area contributed by atoms with Gasteiger partial charge in [-0.05, 0) is 43.9 Å². The smallest absolute Gasteiger partial charge is 0.338 e. The number of carbonyl (C=O) groups excluding carboxylic acids is 1. The molecule has 0 fully saturated rings. The number of nitrogens with two attached hydrogens (primary N) is 1. The van der Waals surface area contributed by atoms with Crippen molar-refractivity contribution in [1.29, 1.82) is 0 Å². The van der Waals surface area contributed by atoms with Crippen molar-refractivity contribution >= 4 is 11.7 Å². The van der Waals surface area contributed by atoms with E-state index in [2.05, 4.69) is 13.8 Å².